The largest absolute Gasteiger partial charge is 0.478 e. The van der Waals surface area contributed by atoms with Crippen LogP contribution in [-0.2, 0) is 10.0 Å². The molecule has 0 aliphatic carbocycles. The molecule has 7 nitrogen and oxygen atoms in total. The summed E-state index contributed by atoms with van der Waals surface area (Å²) >= 11 is 5.52. The number of nitrogens with one attached hydrogen (secondary N) is 1. The van der Waals surface area contributed by atoms with Crippen LogP contribution in [0.1, 0.15) is 10.4 Å². The zero-order valence-electron chi connectivity index (χ0n) is 10.1. The van der Waals surface area contributed by atoms with E-state index in [1.165, 1.54) is 12.3 Å². The number of carboxylic acid groups (broad SMARTS) is 1. The van der Waals surface area contributed by atoms with Crippen LogP contribution in [0.4, 0.5) is 10.2 Å². The second-order valence-electron chi connectivity index (χ2n) is 3.76. The number of carbonyl (C=O) groups is 1. The Morgan fingerprint density at radius 3 is 2.67 bits per heavy atom. The summed E-state index contributed by atoms with van der Waals surface area (Å²) in [6, 6.07) is 3.66. The van der Waals surface area contributed by atoms with Gasteiger partial charge in [0.05, 0.1) is 10.5 Å². The first kappa shape index (κ1) is 15.1. The van der Waals surface area contributed by atoms with E-state index in [1.54, 1.807) is 0 Å². The Morgan fingerprint density at radius 1 is 1.33 bits per heavy atom. The summed E-state index contributed by atoms with van der Waals surface area (Å²) in [5, 5.41) is 8.62. The maximum absolute atomic E-state index is 13.3. The summed E-state index contributed by atoms with van der Waals surface area (Å²) in [5.74, 6) is -2.71. The molecule has 0 radical (unpaired) electrons. The van der Waals surface area contributed by atoms with Crippen LogP contribution in [-0.4, -0.2) is 29.5 Å². The third-order valence-electron chi connectivity index (χ3n) is 2.34. The Kier molecular flexibility index (Phi) is 4.05. The molecular formula is C11H7ClFN3O4S. The number of anilines is 1. The molecule has 1 aromatic carbocycles. The molecule has 110 valence electrons. The smallest absolute Gasteiger partial charge is 0.338 e. The van der Waals surface area contributed by atoms with Crippen molar-refractivity contribution in [3.8, 4) is 0 Å². The van der Waals surface area contributed by atoms with Crippen LogP contribution in [0.25, 0.3) is 0 Å². The Bertz CT molecular complexity index is 813. The van der Waals surface area contributed by atoms with Gasteiger partial charge in [-0.05, 0) is 35.9 Å². The van der Waals surface area contributed by atoms with Gasteiger partial charge >= 0.3 is 5.97 Å². The van der Waals surface area contributed by atoms with Crippen molar-refractivity contribution in [3.05, 3.63) is 47.1 Å². The Morgan fingerprint density at radius 2 is 2.05 bits per heavy atom. The van der Waals surface area contributed by atoms with Gasteiger partial charge in [0.25, 0.3) is 10.0 Å². The maximum Gasteiger partial charge on any atom is 0.338 e. The highest BCUT2D eigenvalue weighted by Gasteiger charge is 2.19. The Balaban J connectivity index is 2.40. The van der Waals surface area contributed by atoms with E-state index in [0.717, 1.165) is 12.1 Å². The molecule has 0 atom stereocenters. The van der Waals surface area contributed by atoms with Crippen LogP contribution in [0, 0.1) is 5.82 Å². The zero-order valence-corrected chi connectivity index (χ0v) is 11.7. The van der Waals surface area contributed by atoms with E-state index in [-0.39, 0.29) is 11.1 Å². The lowest BCUT2D eigenvalue weighted by Gasteiger charge is -2.08. The van der Waals surface area contributed by atoms with Crippen LogP contribution in [0.15, 0.2) is 35.4 Å². The van der Waals surface area contributed by atoms with E-state index < -0.39 is 32.3 Å². The van der Waals surface area contributed by atoms with Crippen LogP contribution in [0.5, 0.6) is 0 Å². The van der Waals surface area contributed by atoms with Crippen LogP contribution in [0.2, 0.25) is 5.28 Å². The number of rotatable bonds is 4. The first-order chi connectivity index (χ1) is 9.79. The molecule has 1 heterocycles. The molecule has 10 heteroatoms. The number of benzene rings is 1. The van der Waals surface area contributed by atoms with Crippen molar-refractivity contribution >= 4 is 33.4 Å². The molecule has 0 spiro atoms. The summed E-state index contributed by atoms with van der Waals surface area (Å²) in [6.45, 7) is 0. The second-order valence-corrected chi connectivity index (χ2v) is 5.78. The van der Waals surface area contributed by atoms with Crippen molar-refractivity contribution in [2.75, 3.05) is 4.72 Å². The molecule has 21 heavy (non-hydrogen) atoms. The monoisotopic (exact) mass is 331 g/mol. The van der Waals surface area contributed by atoms with Crippen molar-refractivity contribution in [1.82, 2.24) is 9.97 Å². The molecular weight excluding hydrogens is 325 g/mol. The number of halogens is 2. The van der Waals surface area contributed by atoms with Crippen molar-refractivity contribution in [1.29, 1.82) is 0 Å². The van der Waals surface area contributed by atoms with Crippen molar-refractivity contribution < 1.29 is 22.7 Å². The third kappa shape index (κ3) is 3.44. The topological polar surface area (TPSA) is 109 Å². The molecule has 0 saturated carbocycles. The summed E-state index contributed by atoms with van der Waals surface area (Å²) in [6.07, 6.45) is 1.24. The molecule has 0 bridgehead atoms. The average molecular weight is 332 g/mol. The minimum Gasteiger partial charge on any atom is -0.478 e. The number of sulfonamides is 1. The minimum atomic E-state index is -4.13. The SMILES string of the molecule is O=C(O)c1cc(S(=O)(=O)Nc2ccnc(Cl)n2)ccc1F. The van der Waals surface area contributed by atoms with Gasteiger partial charge in [0, 0.05) is 6.20 Å². The lowest BCUT2D eigenvalue weighted by atomic mass is 10.2. The van der Waals surface area contributed by atoms with Crippen LogP contribution in [0.3, 0.4) is 0 Å². The number of aromatic nitrogens is 2. The van der Waals surface area contributed by atoms with Crippen molar-refractivity contribution in [2.45, 2.75) is 4.90 Å². The van der Waals surface area contributed by atoms with Gasteiger partial charge in [-0.15, -0.1) is 0 Å². The fraction of sp³-hybridized carbons (Fsp3) is 0. The van der Waals surface area contributed by atoms with E-state index in [4.69, 9.17) is 16.7 Å². The average Bonchev–Trinajstić information content (AvgIpc) is 2.38. The molecule has 0 unspecified atom stereocenters. The van der Waals surface area contributed by atoms with Crippen LogP contribution < -0.4 is 4.72 Å². The molecule has 0 amide bonds. The summed E-state index contributed by atoms with van der Waals surface area (Å²) in [5.41, 5.74) is -0.751. The highest BCUT2D eigenvalue weighted by Crippen LogP contribution is 2.18. The predicted octanol–water partition coefficient (Wildman–Crippen LogP) is 1.77. The number of hydrogen-bond acceptors (Lipinski definition) is 5. The number of aromatic carboxylic acids is 1. The van der Waals surface area contributed by atoms with Gasteiger partial charge in [0.15, 0.2) is 0 Å². The quantitative estimate of drug-likeness (QED) is 0.826. The summed E-state index contributed by atoms with van der Waals surface area (Å²) in [7, 11) is -4.13. The van der Waals surface area contributed by atoms with Gasteiger partial charge in [-0.3, -0.25) is 4.72 Å². The first-order valence-electron chi connectivity index (χ1n) is 5.34. The number of carboxylic acids is 1. The van der Waals surface area contributed by atoms with E-state index in [9.17, 15) is 17.6 Å². The molecule has 0 aliphatic rings. The highest BCUT2D eigenvalue weighted by atomic mass is 35.5. The molecule has 2 aromatic rings. The predicted molar refractivity (Wildman–Crippen MR) is 71.2 cm³/mol. The number of hydrogen-bond donors (Lipinski definition) is 2. The normalized spacial score (nSPS) is 11.1. The van der Waals surface area contributed by atoms with E-state index in [2.05, 4.69) is 14.7 Å². The molecule has 2 rings (SSSR count). The minimum absolute atomic E-state index is 0.101. The lowest BCUT2D eigenvalue weighted by Crippen LogP contribution is -2.15. The molecule has 0 saturated heterocycles. The van der Waals surface area contributed by atoms with E-state index in [1.807, 2.05) is 0 Å². The Labute approximate surface area is 123 Å². The highest BCUT2D eigenvalue weighted by molar-refractivity contribution is 7.92. The third-order valence-corrected chi connectivity index (χ3v) is 3.88. The van der Waals surface area contributed by atoms with Crippen LogP contribution >= 0.6 is 11.6 Å². The van der Waals surface area contributed by atoms with Crippen molar-refractivity contribution in [2.24, 2.45) is 0 Å². The lowest BCUT2D eigenvalue weighted by molar-refractivity contribution is 0.0691. The first-order valence-corrected chi connectivity index (χ1v) is 7.20. The standard InChI is InChI=1S/C11H7ClFN3O4S/c12-11-14-4-3-9(15-11)16-21(19,20)6-1-2-8(13)7(5-6)10(17)18/h1-5H,(H,17,18)(H,14,15,16). The molecule has 0 fully saturated rings. The molecule has 1 aromatic heterocycles. The fourth-order valence-electron chi connectivity index (χ4n) is 1.42. The maximum atomic E-state index is 13.3. The fourth-order valence-corrected chi connectivity index (χ4v) is 2.60. The van der Waals surface area contributed by atoms with E-state index in [0.29, 0.717) is 6.07 Å². The number of nitrogens with zero attached hydrogens (tertiary/aromatic N) is 2. The summed E-state index contributed by atoms with van der Waals surface area (Å²) in [4.78, 5) is 17.6. The van der Waals surface area contributed by atoms with Gasteiger partial charge in [-0.25, -0.2) is 22.6 Å². The van der Waals surface area contributed by atoms with Gasteiger partial charge in [0.1, 0.15) is 11.6 Å². The second kappa shape index (κ2) is 5.62. The zero-order chi connectivity index (χ0) is 15.6. The van der Waals surface area contributed by atoms with Gasteiger partial charge in [-0.2, -0.15) is 4.98 Å². The Hall–Kier alpha value is -2.26. The van der Waals surface area contributed by atoms with Gasteiger partial charge in [0.2, 0.25) is 5.28 Å². The van der Waals surface area contributed by atoms with E-state index >= 15 is 0 Å². The van der Waals surface area contributed by atoms with Gasteiger partial charge in [-0.1, -0.05) is 0 Å². The van der Waals surface area contributed by atoms with Gasteiger partial charge < -0.3 is 5.11 Å². The van der Waals surface area contributed by atoms with Crippen molar-refractivity contribution in [3.63, 3.8) is 0 Å². The molecule has 0 aliphatic heterocycles. The molecule has 2 N–H and O–H groups in total. The summed E-state index contributed by atoms with van der Waals surface area (Å²) < 4.78 is 39.5.